The van der Waals surface area contributed by atoms with E-state index in [2.05, 4.69) is 26.7 Å². The van der Waals surface area contributed by atoms with Crippen LogP contribution in [-0.4, -0.2) is 13.2 Å². The van der Waals surface area contributed by atoms with Crippen LogP contribution < -0.4 is 0 Å². The van der Waals surface area contributed by atoms with Gasteiger partial charge in [-0.15, -0.1) is 12.3 Å². The largest absolute Gasteiger partial charge is 0.380 e. The van der Waals surface area contributed by atoms with Gasteiger partial charge >= 0.3 is 0 Å². The standard InChI is InChI=1S/C18H34O/c1-6-17(2)16-19-15-13-11-9-7-8-10-12-14-18(3,4)5/h1,17H,7-16H2,2-5H3. The van der Waals surface area contributed by atoms with Gasteiger partial charge in [0.15, 0.2) is 0 Å². The minimum atomic E-state index is 0.253. The lowest BCUT2D eigenvalue weighted by Gasteiger charge is -2.17. The molecular formula is C18H34O. The first-order valence-electron chi connectivity index (χ1n) is 7.99. The van der Waals surface area contributed by atoms with Crippen LogP contribution in [0.1, 0.15) is 79.1 Å². The molecule has 0 aromatic heterocycles. The Bertz CT molecular complexity index is 231. The Morgan fingerprint density at radius 2 is 1.47 bits per heavy atom. The Morgan fingerprint density at radius 3 is 2.00 bits per heavy atom. The van der Waals surface area contributed by atoms with E-state index in [0.717, 1.165) is 6.61 Å². The van der Waals surface area contributed by atoms with E-state index in [1.54, 1.807) is 0 Å². The molecular weight excluding hydrogens is 232 g/mol. The summed E-state index contributed by atoms with van der Waals surface area (Å²) < 4.78 is 5.53. The summed E-state index contributed by atoms with van der Waals surface area (Å²) in [4.78, 5) is 0. The van der Waals surface area contributed by atoms with Gasteiger partial charge in [-0.1, -0.05) is 59.3 Å². The molecule has 1 nitrogen and oxygen atoms in total. The first kappa shape index (κ1) is 18.5. The van der Waals surface area contributed by atoms with Gasteiger partial charge in [0, 0.05) is 12.5 Å². The fraction of sp³-hybridized carbons (Fsp3) is 0.889. The second kappa shape index (κ2) is 11.4. The maximum Gasteiger partial charge on any atom is 0.0601 e. The summed E-state index contributed by atoms with van der Waals surface area (Å²) in [5.74, 6) is 2.93. The van der Waals surface area contributed by atoms with Crippen molar-refractivity contribution in [3.63, 3.8) is 0 Å². The second-order valence-electron chi connectivity index (χ2n) is 6.93. The summed E-state index contributed by atoms with van der Waals surface area (Å²) >= 11 is 0. The van der Waals surface area contributed by atoms with Gasteiger partial charge in [0.25, 0.3) is 0 Å². The van der Waals surface area contributed by atoms with E-state index < -0.39 is 0 Å². The third-order valence-corrected chi connectivity index (χ3v) is 3.37. The summed E-state index contributed by atoms with van der Waals surface area (Å²) in [7, 11) is 0. The molecule has 0 rings (SSSR count). The molecule has 0 bridgehead atoms. The molecule has 0 saturated carbocycles. The van der Waals surface area contributed by atoms with Gasteiger partial charge in [-0.3, -0.25) is 0 Å². The van der Waals surface area contributed by atoms with Crippen LogP contribution in [0.15, 0.2) is 0 Å². The Kier molecular flexibility index (Phi) is 11.1. The molecule has 0 aliphatic heterocycles. The highest BCUT2D eigenvalue weighted by Crippen LogP contribution is 2.22. The molecule has 1 heteroatoms. The van der Waals surface area contributed by atoms with Crippen molar-refractivity contribution >= 4 is 0 Å². The van der Waals surface area contributed by atoms with Crippen molar-refractivity contribution in [2.24, 2.45) is 11.3 Å². The van der Waals surface area contributed by atoms with E-state index in [4.69, 9.17) is 11.2 Å². The van der Waals surface area contributed by atoms with E-state index in [1.807, 2.05) is 6.92 Å². The molecule has 0 aromatic carbocycles. The molecule has 0 saturated heterocycles. The average molecular weight is 266 g/mol. The molecule has 0 N–H and O–H groups in total. The lowest BCUT2D eigenvalue weighted by Crippen LogP contribution is -2.04. The highest BCUT2D eigenvalue weighted by molar-refractivity contribution is 4.89. The number of unbranched alkanes of at least 4 members (excludes halogenated alkanes) is 6. The molecule has 0 radical (unpaired) electrons. The van der Waals surface area contributed by atoms with Crippen LogP contribution >= 0.6 is 0 Å². The molecule has 0 aromatic rings. The third kappa shape index (κ3) is 15.5. The first-order chi connectivity index (χ1) is 8.95. The van der Waals surface area contributed by atoms with Crippen molar-refractivity contribution < 1.29 is 4.74 Å². The Labute approximate surface area is 121 Å². The highest BCUT2D eigenvalue weighted by Gasteiger charge is 2.08. The van der Waals surface area contributed by atoms with Crippen molar-refractivity contribution in [1.29, 1.82) is 0 Å². The van der Waals surface area contributed by atoms with Crippen LogP contribution in [0.4, 0.5) is 0 Å². The van der Waals surface area contributed by atoms with Crippen molar-refractivity contribution in [3.8, 4) is 12.3 Å². The van der Waals surface area contributed by atoms with E-state index in [-0.39, 0.29) is 5.92 Å². The van der Waals surface area contributed by atoms with Gasteiger partial charge in [0.2, 0.25) is 0 Å². The maximum absolute atomic E-state index is 5.53. The van der Waals surface area contributed by atoms with Crippen molar-refractivity contribution in [1.82, 2.24) is 0 Å². The van der Waals surface area contributed by atoms with E-state index in [0.29, 0.717) is 12.0 Å². The van der Waals surface area contributed by atoms with Crippen LogP contribution in [-0.2, 0) is 4.74 Å². The van der Waals surface area contributed by atoms with Crippen LogP contribution in [0.3, 0.4) is 0 Å². The zero-order valence-electron chi connectivity index (χ0n) is 13.6. The smallest absolute Gasteiger partial charge is 0.0601 e. The van der Waals surface area contributed by atoms with Gasteiger partial charge in [-0.2, -0.15) is 0 Å². The van der Waals surface area contributed by atoms with Gasteiger partial charge in [-0.25, -0.2) is 0 Å². The predicted octanol–water partition coefficient (Wildman–Crippen LogP) is 5.44. The van der Waals surface area contributed by atoms with Crippen LogP contribution in [0.5, 0.6) is 0 Å². The molecule has 1 atom stereocenters. The summed E-state index contributed by atoms with van der Waals surface area (Å²) in [6.45, 7) is 10.6. The first-order valence-corrected chi connectivity index (χ1v) is 7.99. The topological polar surface area (TPSA) is 9.23 Å². The average Bonchev–Trinajstić information content (AvgIpc) is 2.34. The molecule has 0 spiro atoms. The highest BCUT2D eigenvalue weighted by atomic mass is 16.5. The fourth-order valence-electron chi connectivity index (χ4n) is 2.05. The van der Waals surface area contributed by atoms with Crippen molar-refractivity contribution in [2.75, 3.05) is 13.2 Å². The van der Waals surface area contributed by atoms with Crippen LogP contribution in [0.25, 0.3) is 0 Å². The lowest BCUT2D eigenvalue weighted by atomic mass is 9.89. The maximum atomic E-state index is 5.53. The van der Waals surface area contributed by atoms with E-state index in [9.17, 15) is 0 Å². The molecule has 0 aliphatic rings. The summed E-state index contributed by atoms with van der Waals surface area (Å²) in [5, 5.41) is 0. The number of hydrogen-bond acceptors (Lipinski definition) is 1. The summed E-state index contributed by atoms with van der Waals surface area (Å²) in [6, 6.07) is 0. The molecule has 1 unspecified atom stereocenters. The number of terminal acetylenes is 1. The van der Waals surface area contributed by atoms with Crippen molar-refractivity contribution in [3.05, 3.63) is 0 Å². The molecule has 0 fully saturated rings. The third-order valence-electron chi connectivity index (χ3n) is 3.37. The van der Waals surface area contributed by atoms with Crippen molar-refractivity contribution in [2.45, 2.75) is 79.1 Å². The van der Waals surface area contributed by atoms with Gasteiger partial charge < -0.3 is 4.74 Å². The molecule has 19 heavy (non-hydrogen) atoms. The summed E-state index contributed by atoms with van der Waals surface area (Å²) in [5.41, 5.74) is 0.507. The zero-order valence-corrected chi connectivity index (χ0v) is 13.6. The predicted molar refractivity (Wildman–Crippen MR) is 85.2 cm³/mol. The Morgan fingerprint density at radius 1 is 0.947 bits per heavy atom. The monoisotopic (exact) mass is 266 g/mol. The van der Waals surface area contributed by atoms with Gasteiger partial charge in [0.1, 0.15) is 0 Å². The Balaban J connectivity index is 3.10. The number of rotatable bonds is 11. The SMILES string of the molecule is C#CC(C)COCCCCCCCCCC(C)(C)C. The van der Waals surface area contributed by atoms with Crippen LogP contribution in [0.2, 0.25) is 0 Å². The molecule has 0 heterocycles. The van der Waals surface area contributed by atoms with Gasteiger partial charge in [0.05, 0.1) is 6.61 Å². The number of hydrogen-bond donors (Lipinski definition) is 0. The molecule has 0 aliphatic carbocycles. The van der Waals surface area contributed by atoms with Crippen LogP contribution in [0, 0.1) is 23.7 Å². The summed E-state index contributed by atoms with van der Waals surface area (Å²) in [6.07, 6.45) is 16.0. The van der Waals surface area contributed by atoms with E-state index in [1.165, 1.54) is 51.4 Å². The lowest BCUT2D eigenvalue weighted by molar-refractivity contribution is 0.115. The minimum absolute atomic E-state index is 0.253. The quantitative estimate of drug-likeness (QED) is 0.357. The zero-order chi connectivity index (χ0) is 14.6. The molecule has 0 amide bonds. The normalized spacial score (nSPS) is 13.2. The van der Waals surface area contributed by atoms with Gasteiger partial charge in [-0.05, 0) is 25.2 Å². The minimum Gasteiger partial charge on any atom is -0.380 e. The molecule has 112 valence electrons. The Hall–Kier alpha value is -0.480. The van der Waals surface area contributed by atoms with E-state index >= 15 is 0 Å². The number of ether oxygens (including phenoxy) is 1. The fourth-order valence-corrected chi connectivity index (χ4v) is 2.05. The second-order valence-corrected chi connectivity index (χ2v) is 6.93.